The minimum atomic E-state index is 0.0335. The van der Waals surface area contributed by atoms with Gasteiger partial charge in [0.05, 0.1) is 20.0 Å². The van der Waals surface area contributed by atoms with Gasteiger partial charge in [-0.2, -0.15) is 0 Å². The summed E-state index contributed by atoms with van der Waals surface area (Å²) in [6.45, 7) is 0.0335. The lowest BCUT2D eigenvalue weighted by atomic mass is 10.1. The van der Waals surface area contributed by atoms with Crippen LogP contribution in [0.15, 0.2) is 35.0 Å². The molecule has 0 atom stereocenters. The van der Waals surface area contributed by atoms with Gasteiger partial charge in [0.15, 0.2) is 11.3 Å². The zero-order valence-electron chi connectivity index (χ0n) is 8.43. The maximum atomic E-state index is 8.69. The van der Waals surface area contributed by atoms with Gasteiger partial charge in [0.2, 0.25) is 0 Å². The van der Waals surface area contributed by atoms with Crippen molar-refractivity contribution in [3.05, 3.63) is 36.1 Å². The van der Waals surface area contributed by atoms with E-state index in [2.05, 4.69) is 0 Å². The van der Waals surface area contributed by atoms with Crippen molar-refractivity contribution in [2.45, 2.75) is 0 Å². The standard InChI is InChI=1S/C12H12O3/c1-14-11-8-9(3-2-5-13)7-10-4-6-15-12(10)11/h2-4,6-8,13H,5H2,1H3. The first-order valence-corrected chi connectivity index (χ1v) is 4.68. The van der Waals surface area contributed by atoms with Gasteiger partial charge >= 0.3 is 0 Å². The number of aliphatic hydroxyl groups excluding tert-OH is 1. The normalized spacial score (nSPS) is 11.3. The molecule has 1 heterocycles. The Labute approximate surface area is 87.6 Å². The number of hydrogen-bond donors (Lipinski definition) is 1. The summed E-state index contributed by atoms with van der Waals surface area (Å²) in [6.07, 6.45) is 5.16. The largest absolute Gasteiger partial charge is 0.493 e. The molecule has 0 radical (unpaired) electrons. The van der Waals surface area contributed by atoms with Crippen molar-refractivity contribution in [2.24, 2.45) is 0 Å². The van der Waals surface area contributed by atoms with Gasteiger partial charge in [-0.1, -0.05) is 12.2 Å². The Balaban J connectivity index is 2.53. The Morgan fingerprint density at radius 1 is 1.47 bits per heavy atom. The predicted octanol–water partition coefficient (Wildman–Crippen LogP) is 2.45. The molecule has 78 valence electrons. The Morgan fingerprint density at radius 2 is 2.33 bits per heavy atom. The molecule has 0 aliphatic carbocycles. The Hall–Kier alpha value is -1.74. The van der Waals surface area contributed by atoms with Crippen LogP contribution in [0, 0.1) is 0 Å². The Kier molecular flexibility index (Phi) is 2.74. The smallest absolute Gasteiger partial charge is 0.175 e. The van der Waals surface area contributed by atoms with Crippen molar-refractivity contribution in [3.63, 3.8) is 0 Å². The molecular weight excluding hydrogens is 192 g/mol. The van der Waals surface area contributed by atoms with E-state index in [9.17, 15) is 0 Å². The summed E-state index contributed by atoms with van der Waals surface area (Å²) in [7, 11) is 1.61. The molecule has 0 unspecified atom stereocenters. The van der Waals surface area contributed by atoms with Crippen LogP contribution in [0.5, 0.6) is 5.75 Å². The maximum Gasteiger partial charge on any atom is 0.175 e. The average Bonchev–Trinajstić information content (AvgIpc) is 2.73. The number of ether oxygens (including phenoxy) is 1. The first-order valence-electron chi connectivity index (χ1n) is 4.68. The van der Waals surface area contributed by atoms with Crippen molar-refractivity contribution in [2.75, 3.05) is 13.7 Å². The van der Waals surface area contributed by atoms with Gasteiger partial charge in [-0.3, -0.25) is 0 Å². The van der Waals surface area contributed by atoms with Crippen LogP contribution in [0.4, 0.5) is 0 Å². The molecule has 1 aromatic heterocycles. The highest BCUT2D eigenvalue weighted by atomic mass is 16.5. The summed E-state index contributed by atoms with van der Waals surface area (Å²) in [4.78, 5) is 0. The zero-order chi connectivity index (χ0) is 10.7. The second-order valence-corrected chi connectivity index (χ2v) is 3.15. The molecule has 3 heteroatoms. The van der Waals surface area contributed by atoms with Crippen LogP contribution >= 0.6 is 0 Å². The predicted molar refractivity (Wildman–Crippen MR) is 58.9 cm³/mol. The third-order valence-electron chi connectivity index (χ3n) is 2.18. The van der Waals surface area contributed by atoms with E-state index in [1.807, 2.05) is 24.3 Å². The molecule has 3 nitrogen and oxygen atoms in total. The summed E-state index contributed by atoms with van der Waals surface area (Å²) in [5.74, 6) is 0.704. The lowest BCUT2D eigenvalue weighted by molar-refractivity contribution is 0.343. The third-order valence-corrected chi connectivity index (χ3v) is 2.18. The lowest BCUT2D eigenvalue weighted by Gasteiger charge is -2.02. The molecule has 0 spiro atoms. The van der Waals surface area contributed by atoms with Crippen LogP contribution in [0.1, 0.15) is 5.56 Å². The SMILES string of the molecule is COc1cc(C=CCO)cc2ccoc12. The van der Waals surface area contributed by atoms with Crippen molar-refractivity contribution in [1.29, 1.82) is 0 Å². The van der Waals surface area contributed by atoms with Gasteiger partial charge in [0, 0.05) is 5.39 Å². The van der Waals surface area contributed by atoms with Crippen LogP contribution in [0.25, 0.3) is 17.0 Å². The summed E-state index contributed by atoms with van der Waals surface area (Å²) >= 11 is 0. The molecule has 0 amide bonds. The van der Waals surface area contributed by atoms with Gasteiger partial charge in [0.25, 0.3) is 0 Å². The zero-order valence-corrected chi connectivity index (χ0v) is 8.43. The van der Waals surface area contributed by atoms with E-state index in [-0.39, 0.29) is 6.61 Å². The van der Waals surface area contributed by atoms with E-state index in [4.69, 9.17) is 14.3 Å². The minimum absolute atomic E-state index is 0.0335. The highest BCUT2D eigenvalue weighted by Gasteiger charge is 2.05. The number of rotatable bonds is 3. The van der Waals surface area contributed by atoms with Crippen molar-refractivity contribution in [1.82, 2.24) is 0 Å². The molecule has 0 aliphatic heterocycles. The van der Waals surface area contributed by atoms with Crippen LogP contribution in [-0.2, 0) is 0 Å². The number of furan rings is 1. The molecule has 2 rings (SSSR count). The van der Waals surface area contributed by atoms with E-state index in [1.54, 1.807) is 19.4 Å². The first-order chi connectivity index (χ1) is 7.35. The number of methoxy groups -OCH3 is 1. The molecule has 0 saturated heterocycles. The Morgan fingerprint density at radius 3 is 3.07 bits per heavy atom. The monoisotopic (exact) mass is 204 g/mol. The highest BCUT2D eigenvalue weighted by molar-refractivity contribution is 5.85. The number of hydrogen-bond acceptors (Lipinski definition) is 3. The molecular formula is C12H12O3. The molecule has 1 N–H and O–H groups in total. The number of benzene rings is 1. The van der Waals surface area contributed by atoms with E-state index >= 15 is 0 Å². The number of fused-ring (bicyclic) bond motifs is 1. The molecule has 0 fully saturated rings. The van der Waals surface area contributed by atoms with Gasteiger partial charge in [-0.15, -0.1) is 0 Å². The van der Waals surface area contributed by atoms with E-state index < -0.39 is 0 Å². The summed E-state index contributed by atoms with van der Waals surface area (Å²) in [5.41, 5.74) is 1.73. The van der Waals surface area contributed by atoms with Gasteiger partial charge in [0.1, 0.15) is 0 Å². The van der Waals surface area contributed by atoms with Crippen LogP contribution in [-0.4, -0.2) is 18.8 Å². The average molecular weight is 204 g/mol. The summed E-state index contributed by atoms with van der Waals surface area (Å²) < 4.78 is 10.5. The van der Waals surface area contributed by atoms with E-state index in [0.717, 1.165) is 16.5 Å². The topological polar surface area (TPSA) is 42.6 Å². The van der Waals surface area contributed by atoms with Crippen LogP contribution < -0.4 is 4.74 Å². The van der Waals surface area contributed by atoms with Crippen molar-refractivity contribution < 1.29 is 14.3 Å². The highest BCUT2D eigenvalue weighted by Crippen LogP contribution is 2.28. The second-order valence-electron chi connectivity index (χ2n) is 3.15. The molecule has 15 heavy (non-hydrogen) atoms. The molecule has 1 aromatic carbocycles. The summed E-state index contributed by atoms with van der Waals surface area (Å²) in [6, 6.07) is 5.74. The van der Waals surface area contributed by atoms with Gasteiger partial charge in [-0.25, -0.2) is 0 Å². The quantitative estimate of drug-likeness (QED) is 0.835. The lowest BCUT2D eigenvalue weighted by Crippen LogP contribution is -1.84. The molecule has 0 saturated carbocycles. The van der Waals surface area contributed by atoms with Gasteiger partial charge in [-0.05, 0) is 23.8 Å². The number of aliphatic hydroxyl groups is 1. The van der Waals surface area contributed by atoms with E-state index in [0.29, 0.717) is 5.75 Å². The first kappa shape index (κ1) is 9.80. The third kappa shape index (κ3) is 1.87. The fourth-order valence-electron chi connectivity index (χ4n) is 1.51. The minimum Gasteiger partial charge on any atom is -0.493 e. The van der Waals surface area contributed by atoms with Crippen molar-refractivity contribution in [3.8, 4) is 5.75 Å². The van der Waals surface area contributed by atoms with Crippen LogP contribution in [0.3, 0.4) is 0 Å². The maximum absolute atomic E-state index is 8.69. The molecule has 2 aromatic rings. The van der Waals surface area contributed by atoms with E-state index in [1.165, 1.54) is 0 Å². The molecule has 0 aliphatic rings. The fraction of sp³-hybridized carbons (Fsp3) is 0.167. The molecule has 0 bridgehead atoms. The summed E-state index contributed by atoms with van der Waals surface area (Å²) in [5, 5.41) is 9.68. The second kappa shape index (κ2) is 4.19. The van der Waals surface area contributed by atoms with Gasteiger partial charge < -0.3 is 14.3 Å². The fourth-order valence-corrected chi connectivity index (χ4v) is 1.51. The van der Waals surface area contributed by atoms with Crippen LogP contribution in [0.2, 0.25) is 0 Å². The van der Waals surface area contributed by atoms with Crippen molar-refractivity contribution >= 4 is 17.0 Å². The Bertz CT molecular complexity index is 483.